The molecule has 0 aliphatic carbocycles. The van der Waals surface area contributed by atoms with Gasteiger partial charge in [0.25, 0.3) is 0 Å². The van der Waals surface area contributed by atoms with E-state index in [0.29, 0.717) is 0 Å². The minimum Gasteiger partial charge on any atom is -0.496 e. The van der Waals surface area contributed by atoms with Crippen molar-refractivity contribution >= 4 is 11.3 Å². The van der Waals surface area contributed by atoms with Crippen molar-refractivity contribution in [1.82, 2.24) is 0 Å². The number of hydrogen-bond donors (Lipinski definition) is 1. The summed E-state index contributed by atoms with van der Waals surface area (Å²) in [6.45, 7) is 4.26. The van der Waals surface area contributed by atoms with Gasteiger partial charge in [-0.15, -0.1) is 11.3 Å². The van der Waals surface area contributed by atoms with Gasteiger partial charge >= 0.3 is 0 Å². The highest BCUT2D eigenvalue weighted by Gasteiger charge is 2.14. The van der Waals surface area contributed by atoms with Gasteiger partial charge in [0.05, 0.1) is 7.11 Å². The lowest BCUT2D eigenvalue weighted by atomic mass is 9.99. The Morgan fingerprint density at radius 3 is 2.61 bits per heavy atom. The summed E-state index contributed by atoms with van der Waals surface area (Å²) in [4.78, 5) is 2.63. The fourth-order valence-corrected chi connectivity index (χ4v) is 3.23. The highest BCUT2D eigenvalue weighted by molar-refractivity contribution is 7.12. The van der Waals surface area contributed by atoms with E-state index in [0.717, 1.165) is 17.7 Å². The van der Waals surface area contributed by atoms with Gasteiger partial charge in [-0.25, -0.2) is 0 Å². The number of methoxy groups -OCH3 is 1. The molecule has 0 saturated heterocycles. The molecule has 2 nitrogen and oxygen atoms in total. The number of aryl methyl sites for hydroxylation is 2. The first-order valence-electron chi connectivity index (χ1n) is 6.06. The van der Waals surface area contributed by atoms with E-state index in [4.69, 9.17) is 10.5 Å². The van der Waals surface area contributed by atoms with Crippen molar-refractivity contribution < 1.29 is 4.74 Å². The molecule has 2 aromatic rings. The van der Waals surface area contributed by atoms with Crippen LogP contribution in [-0.2, 0) is 6.42 Å². The Morgan fingerprint density at radius 2 is 2.00 bits per heavy atom. The van der Waals surface area contributed by atoms with Crippen LogP contribution in [0.1, 0.15) is 26.9 Å². The predicted molar refractivity (Wildman–Crippen MR) is 77.4 cm³/mol. The van der Waals surface area contributed by atoms with Crippen molar-refractivity contribution in [3.63, 3.8) is 0 Å². The summed E-state index contributed by atoms with van der Waals surface area (Å²) >= 11 is 1.81. The molecule has 18 heavy (non-hydrogen) atoms. The van der Waals surface area contributed by atoms with E-state index in [-0.39, 0.29) is 6.04 Å². The highest BCUT2D eigenvalue weighted by atomic mass is 32.1. The summed E-state index contributed by atoms with van der Waals surface area (Å²) in [5.41, 5.74) is 8.73. The highest BCUT2D eigenvalue weighted by Crippen LogP contribution is 2.29. The van der Waals surface area contributed by atoms with Gasteiger partial charge in [0.15, 0.2) is 0 Å². The zero-order valence-electron chi connectivity index (χ0n) is 11.1. The van der Waals surface area contributed by atoms with Crippen LogP contribution in [0.2, 0.25) is 0 Å². The van der Waals surface area contributed by atoms with Crippen LogP contribution < -0.4 is 10.5 Å². The summed E-state index contributed by atoms with van der Waals surface area (Å²) in [5, 5.41) is 0. The molecule has 0 bridgehead atoms. The molecule has 3 heteroatoms. The molecule has 2 rings (SSSR count). The number of hydrogen-bond acceptors (Lipinski definition) is 3. The van der Waals surface area contributed by atoms with Crippen molar-refractivity contribution in [2.45, 2.75) is 26.3 Å². The summed E-state index contributed by atoms with van der Waals surface area (Å²) in [7, 11) is 1.70. The number of thiophene rings is 1. The lowest BCUT2D eigenvalue weighted by Crippen LogP contribution is -2.14. The molecule has 0 fully saturated rings. The number of rotatable bonds is 4. The molecule has 1 aromatic heterocycles. The Hall–Kier alpha value is -1.32. The van der Waals surface area contributed by atoms with Crippen molar-refractivity contribution in [3.8, 4) is 5.75 Å². The molecular weight excluding hydrogens is 242 g/mol. The zero-order valence-corrected chi connectivity index (χ0v) is 11.9. The Labute approximate surface area is 112 Å². The fourth-order valence-electron chi connectivity index (χ4n) is 2.24. The Balaban J connectivity index is 2.21. The first-order chi connectivity index (χ1) is 8.61. The van der Waals surface area contributed by atoms with Gasteiger partial charge in [0.1, 0.15) is 5.75 Å². The second-order valence-electron chi connectivity index (χ2n) is 4.49. The molecule has 0 spiro atoms. The minimum atomic E-state index is 0.0336. The molecule has 1 aromatic carbocycles. The fraction of sp³-hybridized carbons (Fsp3) is 0.333. The van der Waals surface area contributed by atoms with Crippen LogP contribution in [0.25, 0.3) is 0 Å². The maximum absolute atomic E-state index is 6.32. The predicted octanol–water partition coefficient (Wildman–Crippen LogP) is 3.62. The third-order valence-electron chi connectivity index (χ3n) is 3.11. The maximum Gasteiger partial charge on any atom is 0.122 e. The molecule has 0 saturated carbocycles. The molecule has 0 radical (unpaired) electrons. The van der Waals surface area contributed by atoms with Crippen molar-refractivity contribution in [1.29, 1.82) is 0 Å². The van der Waals surface area contributed by atoms with Crippen LogP contribution in [0.4, 0.5) is 0 Å². The van der Waals surface area contributed by atoms with Crippen LogP contribution >= 0.6 is 11.3 Å². The van der Waals surface area contributed by atoms with Gasteiger partial charge in [-0.05, 0) is 43.5 Å². The third-order valence-corrected chi connectivity index (χ3v) is 4.09. The Bertz CT molecular complexity index is 533. The molecule has 96 valence electrons. The molecule has 1 unspecified atom stereocenters. The van der Waals surface area contributed by atoms with E-state index in [2.05, 4.69) is 26.0 Å². The van der Waals surface area contributed by atoms with Crippen LogP contribution in [-0.4, -0.2) is 7.11 Å². The SMILES string of the molecule is COc1ccccc1CC(N)c1cc(C)sc1C. The van der Waals surface area contributed by atoms with Crippen LogP contribution in [0, 0.1) is 13.8 Å². The number of nitrogens with two attached hydrogens (primary N) is 1. The zero-order chi connectivity index (χ0) is 13.1. The van der Waals surface area contributed by atoms with E-state index >= 15 is 0 Å². The Kier molecular flexibility index (Phi) is 4.04. The van der Waals surface area contributed by atoms with Gasteiger partial charge in [-0.1, -0.05) is 18.2 Å². The van der Waals surface area contributed by atoms with Crippen molar-refractivity contribution in [2.75, 3.05) is 7.11 Å². The van der Waals surface area contributed by atoms with Crippen LogP contribution in [0.3, 0.4) is 0 Å². The number of para-hydroxylation sites is 1. The average molecular weight is 261 g/mol. The topological polar surface area (TPSA) is 35.2 Å². The van der Waals surface area contributed by atoms with E-state index in [9.17, 15) is 0 Å². The standard InChI is InChI=1S/C15H19NOS/c1-10-8-13(11(2)18-10)14(16)9-12-6-4-5-7-15(12)17-3/h4-8,14H,9,16H2,1-3H3. The molecule has 1 heterocycles. The summed E-state index contributed by atoms with van der Waals surface area (Å²) < 4.78 is 5.36. The van der Waals surface area contributed by atoms with Crippen LogP contribution in [0.15, 0.2) is 30.3 Å². The molecule has 0 amide bonds. The summed E-state index contributed by atoms with van der Waals surface area (Å²) in [5.74, 6) is 0.914. The lowest BCUT2D eigenvalue weighted by Gasteiger charge is -2.14. The number of benzene rings is 1. The van der Waals surface area contributed by atoms with Gasteiger partial charge in [-0.3, -0.25) is 0 Å². The monoisotopic (exact) mass is 261 g/mol. The molecule has 0 aliphatic rings. The van der Waals surface area contributed by atoms with Crippen molar-refractivity contribution in [2.24, 2.45) is 5.73 Å². The normalized spacial score (nSPS) is 12.4. The average Bonchev–Trinajstić information content (AvgIpc) is 2.69. The molecule has 2 N–H and O–H groups in total. The van der Waals surface area contributed by atoms with E-state index < -0.39 is 0 Å². The maximum atomic E-state index is 6.32. The van der Waals surface area contributed by atoms with Crippen molar-refractivity contribution in [3.05, 3.63) is 51.2 Å². The summed E-state index contributed by atoms with van der Waals surface area (Å²) in [6.07, 6.45) is 0.807. The second-order valence-corrected chi connectivity index (χ2v) is 5.95. The van der Waals surface area contributed by atoms with E-state index in [1.165, 1.54) is 15.3 Å². The van der Waals surface area contributed by atoms with E-state index in [1.807, 2.05) is 18.2 Å². The minimum absolute atomic E-state index is 0.0336. The molecular formula is C15H19NOS. The smallest absolute Gasteiger partial charge is 0.122 e. The van der Waals surface area contributed by atoms with Gasteiger partial charge in [0, 0.05) is 15.8 Å². The Morgan fingerprint density at radius 1 is 1.28 bits per heavy atom. The second kappa shape index (κ2) is 5.55. The molecule has 0 aliphatic heterocycles. The van der Waals surface area contributed by atoms with Gasteiger partial charge in [-0.2, -0.15) is 0 Å². The quantitative estimate of drug-likeness (QED) is 0.912. The molecule has 1 atom stereocenters. The lowest BCUT2D eigenvalue weighted by molar-refractivity contribution is 0.408. The number of ether oxygens (including phenoxy) is 1. The van der Waals surface area contributed by atoms with Gasteiger partial charge in [0.2, 0.25) is 0 Å². The van der Waals surface area contributed by atoms with Gasteiger partial charge < -0.3 is 10.5 Å². The van der Waals surface area contributed by atoms with Crippen LogP contribution in [0.5, 0.6) is 5.75 Å². The van der Waals surface area contributed by atoms with E-state index in [1.54, 1.807) is 18.4 Å². The largest absolute Gasteiger partial charge is 0.496 e. The summed E-state index contributed by atoms with van der Waals surface area (Å²) in [6, 6.07) is 10.3. The third kappa shape index (κ3) is 2.74. The first-order valence-corrected chi connectivity index (χ1v) is 6.88. The first kappa shape index (κ1) is 13.1.